The van der Waals surface area contributed by atoms with Crippen LogP contribution >= 0.6 is 0 Å². The number of aliphatic hydroxyl groups is 1. The molecule has 2 aliphatic carbocycles. The van der Waals surface area contributed by atoms with Gasteiger partial charge in [-0.05, 0) is 37.5 Å². The molecule has 2 saturated carbocycles. The minimum absolute atomic E-state index is 0.0153. The molecule has 136 valence electrons. The molecule has 3 rings (SSSR count). The van der Waals surface area contributed by atoms with E-state index >= 15 is 0 Å². The fraction of sp³-hybridized carbons (Fsp3) is 0.850. The van der Waals surface area contributed by atoms with Gasteiger partial charge in [-0.15, -0.1) is 0 Å². The average molecular weight is 336 g/mol. The van der Waals surface area contributed by atoms with Crippen molar-refractivity contribution in [3.63, 3.8) is 0 Å². The van der Waals surface area contributed by atoms with E-state index in [0.29, 0.717) is 12.2 Å². The van der Waals surface area contributed by atoms with E-state index < -0.39 is 6.29 Å². The summed E-state index contributed by atoms with van der Waals surface area (Å²) in [5.41, 5.74) is 0.429. The van der Waals surface area contributed by atoms with Crippen LogP contribution in [0.1, 0.15) is 60.8 Å². The Morgan fingerprint density at radius 1 is 1.25 bits per heavy atom. The van der Waals surface area contributed by atoms with Crippen LogP contribution in [0.4, 0.5) is 0 Å². The lowest BCUT2D eigenvalue weighted by Crippen LogP contribution is -2.56. The second-order valence-electron chi connectivity index (χ2n) is 9.07. The van der Waals surface area contributed by atoms with Gasteiger partial charge in [0.1, 0.15) is 6.10 Å². The number of hydrogen-bond donors (Lipinski definition) is 1. The number of ether oxygens (including phenoxy) is 2. The maximum absolute atomic E-state index is 12.5. The highest BCUT2D eigenvalue weighted by Crippen LogP contribution is 2.73. The highest BCUT2D eigenvalue weighted by Gasteiger charge is 2.74. The number of hydrogen-bond acceptors (Lipinski definition) is 4. The quantitative estimate of drug-likeness (QED) is 0.617. The summed E-state index contributed by atoms with van der Waals surface area (Å²) in [5, 5.41) is 10.6. The standard InChI is InChI=1S/C20H32O4/c1-7-12(2)16(21)24-15-13-11-23-17(22)14(13)20(6)18(3,4)9-8-10-19(15,20)5/h7,13-15,17,22H,8-11H2,1-6H3/b12-7-/t13-,14-,15+,17-,19+,20+/m0/s1. The fourth-order valence-corrected chi connectivity index (χ4v) is 6.09. The van der Waals surface area contributed by atoms with Gasteiger partial charge in [-0.2, -0.15) is 0 Å². The monoisotopic (exact) mass is 336 g/mol. The maximum Gasteiger partial charge on any atom is 0.333 e. The Morgan fingerprint density at radius 3 is 2.54 bits per heavy atom. The molecule has 6 atom stereocenters. The molecule has 3 aliphatic rings. The second kappa shape index (κ2) is 5.57. The van der Waals surface area contributed by atoms with Gasteiger partial charge in [0.25, 0.3) is 0 Å². The van der Waals surface area contributed by atoms with Crippen LogP contribution in [-0.2, 0) is 14.3 Å². The average Bonchev–Trinajstić information content (AvgIpc) is 2.98. The number of rotatable bonds is 2. The van der Waals surface area contributed by atoms with Crippen LogP contribution in [0.5, 0.6) is 0 Å². The van der Waals surface area contributed by atoms with E-state index in [1.165, 1.54) is 0 Å². The third kappa shape index (κ3) is 2.08. The third-order valence-electron chi connectivity index (χ3n) is 7.99. The summed E-state index contributed by atoms with van der Waals surface area (Å²) in [6.45, 7) is 13.3. The summed E-state index contributed by atoms with van der Waals surface area (Å²) in [5.74, 6) is -0.154. The first-order valence-corrected chi connectivity index (χ1v) is 9.24. The minimum Gasteiger partial charge on any atom is -0.458 e. The Hall–Kier alpha value is -0.870. The van der Waals surface area contributed by atoms with Crippen LogP contribution < -0.4 is 0 Å². The molecule has 1 heterocycles. The van der Waals surface area contributed by atoms with E-state index in [4.69, 9.17) is 9.47 Å². The summed E-state index contributed by atoms with van der Waals surface area (Å²) >= 11 is 0. The number of carbonyl (C=O) groups excluding carboxylic acids is 1. The summed E-state index contributed by atoms with van der Waals surface area (Å²) in [6.07, 6.45) is 4.12. The molecule has 0 aromatic carbocycles. The van der Waals surface area contributed by atoms with Gasteiger partial charge in [0.05, 0.1) is 6.61 Å². The lowest BCUT2D eigenvalue weighted by atomic mass is 9.46. The van der Waals surface area contributed by atoms with Gasteiger partial charge in [-0.3, -0.25) is 0 Å². The SMILES string of the molecule is C/C=C(/C)C(=O)O[C@@H]1[C@H]2CO[C@H](O)[C@H]2[C@]2(C)C(C)(C)CCC[C@]12C. The molecule has 4 heteroatoms. The van der Waals surface area contributed by atoms with E-state index in [1.807, 2.05) is 6.92 Å². The first-order chi connectivity index (χ1) is 11.1. The Bertz CT molecular complexity index is 566. The molecule has 0 bridgehead atoms. The van der Waals surface area contributed by atoms with Crippen molar-refractivity contribution in [3.8, 4) is 0 Å². The van der Waals surface area contributed by atoms with E-state index in [9.17, 15) is 9.90 Å². The van der Waals surface area contributed by atoms with Gasteiger partial charge in [-0.1, -0.05) is 40.2 Å². The Kier molecular flexibility index (Phi) is 4.16. The maximum atomic E-state index is 12.5. The minimum atomic E-state index is -0.761. The number of fused-ring (bicyclic) bond motifs is 3. The topological polar surface area (TPSA) is 55.8 Å². The first kappa shape index (κ1) is 17.9. The summed E-state index contributed by atoms with van der Waals surface area (Å²) in [4.78, 5) is 12.5. The third-order valence-corrected chi connectivity index (χ3v) is 7.99. The van der Waals surface area contributed by atoms with E-state index in [0.717, 1.165) is 19.3 Å². The summed E-state index contributed by atoms with van der Waals surface area (Å²) < 4.78 is 11.7. The molecule has 3 fully saturated rings. The van der Waals surface area contributed by atoms with Crippen molar-refractivity contribution in [1.82, 2.24) is 0 Å². The normalized spacial score (nSPS) is 47.2. The molecule has 0 aromatic rings. The molecule has 1 saturated heterocycles. The van der Waals surface area contributed by atoms with Crippen molar-refractivity contribution in [2.45, 2.75) is 73.2 Å². The van der Waals surface area contributed by atoms with Crippen LogP contribution in [0.2, 0.25) is 0 Å². The van der Waals surface area contributed by atoms with Gasteiger partial charge >= 0.3 is 5.97 Å². The van der Waals surface area contributed by atoms with E-state index in [2.05, 4.69) is 27.7 Å². The molecule has 0 radical (unpaired) electrons. The number of esters is 1. The second-order valence-corrected chi connectivity index (χ2v) is 9.07. The summed E-state index contributed by atoms with van der Waals surface area (Å²) in [7, 11) is 0. The smallest absolute Gasteiger partial charge is 0.333 e. The van der Waals surface area contributed by atoms with Gasteiger partial charge in [-0.25, -0.2) is 4.79 Å². The van der Waals surface area contributed by atoms with E-state index in [1.54, 1.807) is 13.0 Å². The molecule has 0 spiro atoms. The van der Waals surface area contributed by atoms with Crippen LogP contribution in [0.15, 0.2) is 11.6 Å². The fourth-order valence-electron chi connectivity index (χ4n) is 6.09. The molecular formula is C20H32O4. The van der Waals surface area contributed by atoms with Gasteiger partial charge < -0.3 is 14.6 Å². The largest absolute Gasteiger partial charge is 0.458 e. The Labute approximate surface area is 145 Å². The lowest BCUT2D eigenvalue weighted by Gasteiger charge is -2.59. The molecule has 0 unspecified atom stereocenters. The molecule has 0 aromatic heterocycles. The van der Waals surface area contributed by atoms with Crippen molar-refractivity contribution in [2.24, 2.45) is 28.1 Å². The van der Waals surface area contributed by atoms with Crippen molar-refractivity contribution >= 4 is 5.97 Å². The number of allylic oxidation sites excluding steroid dienone is 1. The van der Waals surface area contributed by atoms with Crippen molar-refractivity contribution in [2.75, 3.05) is 6.61 Å². The number of carbonyl (C=O) groups is 1. The molecule has 1 N–H and O–H groups in total. The summed E-state index contributed by atoms with van der Waals surface area (Å²) in [6, 6.07) is 0. The lowest BCUT2D eigenvalue weighted by molar-refractivity contribution is -0.193. The zero-order valence-corrected chi connectivity index (χ0v) is 15.9. The Morgan fingerprint density at radius 2 is 1.92 bits per heavy atom. The van der Waals surface area contributed by atoms with Crippen molar-refractivity contribution < 1.29 is 19.4 Å². The Balaban J connectivity index is 2.06. The zero-order chi connectivity index (χ0) is 17.9. The van der Waals surface area contributed by atoms with Gasteiger partial charge in [0.15, 0.2) is 6.29 Å². The van der Waals surface area contributed by atoms with E-state index in [-0.39, 0.29) is 40.2 Å². The van der Waals surface area contributed by atoms with Crippen LogP contribution in [0.25, 0.3) is 0 Å². The molecule has 24 heavy (non-hydrogen) atoms. The predicted molar refractivity (Wildman–Crippen MR) is 92.1 cm³/mol. The molecule has 0 amide bonds. The highest BCUT2D eigenvalue weighted by molar-refractivity contribution is 5.87. The predicted octanol–water partition coefficient (Wildman–Crippen LogP) is 3.68. The van der Waals surface area contributed by atoms with Crippen molar-refractivity contribution in [1.29, 1.82) is 0 Å². The molecular weight excluding hydrogens is 304 g/mol. The molecule has 4 nitrogen and oxygen atoms in total. The highest BCUT2D eigenvalue weighted by atomic mass is 16.6. The van der Waals surface area contributed by atoms with Crippen LogP contribution in [0, 0.1) is 28.1 Å². The molecule has 1 aliphatic heterocycles. The first-order valence-electron chi connectivity index (χ1n) is 9.24. The van der Waals surface area contributed by atoms with Crippen LogP contribution in [0.3, 0.4) is 0 Å². The number of aliphatic hydroxyl groups excluding tert-OH is 1. The zero-order valence-electron chi connectivity index (χ0n) is 15.9. The van der Waals surface area contributed by atoms with Gasteiger partial charge in [0.2, 0.25) is 0 Å². The van der Waals surface area contributed by atoms with Gasteiger partial charge in [0, 0.05) is 22.8 Å². The van der Waals surface area contributed by atoms with Crippen molar-refractivity contribution in [3.05, 3.63) is 11.6 Å². The van der Waals surface area contributed by atoms with Crippen LogP contribution in [-0.4, -0.2) is 30.1 Å².